The number of hydrogen-bond acceptors (Lipinski definition) is 7. The zero-order chi connectivity index (χ0) is 32.1. The van der Waals surface area contributed by atoms with E-state index in [2.05, 4.69) is 13.8 Å². The van der Waals surface area contributed by atoms with Crippen molar-refractivity contribution in [1.82, 2.24) is 0 Å². The van der Waals surface area contributed by atoms with Crippen molar-refractivity contribution in [3.8, 4) is 0 Å². The van der Waals surface area contributed by atoms with E-state index < -0.39 is 12.0 Å². The lowest BCUT2D eigenvalue weighted by molar-refractivity contribution is -0.165. The second kappa shape index (κ2) is 27.7. The van der Waals surface area contributed by atoms with Crippen molar-refractivity contribution in [3.05, 3.63) is 0 Å². The number of hydrogen-bond donors (Lipinski definition) is 1. The predicted molar refractivity (Wildman–Crippen MR) is 177 cm³/mol. The van der Waals surface area contributed by atoms with Crippen LogP contribution in [-0.4, -0.2) is 49.4 Å². The molecule has 0 aromatic heterocycles. The van der Waals surface area contributed by atoms with Crippen molar-refractivity contribution in [3.63, 3.8) is 0 Å². The highest BCUT2D eigenvalue weighted by molar-refractivity contribution is 5.70. The number of ether oxygens (including phenoxy) is 3. The zero-order valence-electron chi connectivity index (χ0n) is 28.7. The number of carbonyl (C=O) groups is 3. The fourth-order valence-corrected chi connectivity index (χ4v) is 6.00. The van der Waals surface area contributed by atoms with Gasteiger partial charge in [0.2, 0.25) is 0 Å². The van der Waals surface area contributed by atoms with Gasteiger partial charge in [-0.3, -0.25) is 14.4 Å². The molecule has 0 amide bonds. The van der Waals surface area contributed by atoms with Crippen molar-refractivity contribution < 1.29 is 33.7 Å². The van der Waals surface area contributed by atoms with Gasteiger partial charge in [0, 0.05) is 19.3 Å². The van der Waals surface area contributed by atoms with Gasteiger partial charge in [0.15, 0.2) is 0 Å². The summed E-state index contributed by atoms with van der Waals surface area (Å²) in [4.78, 5) is 37.6. The number of aliphatic hydroxyl groups excluding tert-OH is 1. The molecule has 0 radical (unpaired) electrons. The maximum absolute atomic E-state index is 12.6. The molecule has 7 heteroatoms. The Kier molecular flexibility index (Phi) is 25.4. The van der Waals surface area contributed by atoms with Crippen molar-refractivity contribution in [2.45, 2.75) is 181 Å². The van der Waals surface area contributed by atoms with Crippen LogP contribution < -0.4 is 0 Å². The van der Waals surface area contributed by atoms with Crippen LogP contribution in [0.5, 0.6) is 0 Å². The van der Waals surface area contributed by atoms with Crippen LogP contribution in [0.3, 0.4) is 0 Å². The molecule has 258 valence electrons. The normalized spacial score (nSPS) is 14.0. The van der Waals surface area contributed by atoms with Crippen LogP contribution in [0.25, 0.3) is 0 Å². The van der Waals surface area contributed by atoms with Crippen molar-refractivity contribution in [2.24, 2.45) is 11.3 Å². The Balaban J connectivity index is 2.49. The highest BCUT2D eigenvalue weighted by Crippen LogP contribution is 2.28. The minimum Gasteiger partial charge on any atom is -0.465 e. The molecule has 0 unspecified atom stereocenters. The molecular formula is C37H68O7. The van der Waals surface area contributed by atoms with E-state index in [9.17, 15) is 19.5 Å². The molecule has 0 bridgehead atoms. The molecule has 1 rings (SSSR count). The largest absolute Gasteiger partial charge is 0.465 e. The van der Waals surface area contributed by atoms with Crippen LogP contribution in [0.15, 0.2) is 0 Å². The molecule has 1 aliphatic carbocycles. The third-order valence-corrected chi connectivity index (χ3v) is 9.14. The zero-order valence-corrected chi connectivity index (χ0v) is 28.7. The fraction of sp³-hybridized carbons (Fsp3) is 0.919. The first-order valence-electron chi connectivity index (χ1n) is 18.5. The second-order valence-corrected chi connectivity index (χ2v) is 13.5. The van der Waals surface area contributed by atoms with Gasteiger partial charge in [-0.25, -0.2) is 0 Å². The van der Waals surface area contributed by atoms with Gasteiger partial charge in [-0.2, -0.15) is 0 Å². The predicted octanol–water partition coefficient (Wildman–Crippen LogP) is 9.41. The molecule has 1 fully saturated rings. The van der Waals surface area contributed by atoms with Gasteiger partial charge in [-0.05, 0) is 31.6 Å². The summed E-state index contributed by atoms with van der Waals surface area (Å²) >= 11 is 0. The molecule has 0 aromatic rings. The Hall–Kier alpha value is -1.63. The SMILES string of the molecule is CCCCCCCCCCC(=O)OCC(CO)(COC(=O)CCCCCCCCCC)COC(=O)CCCC1CCCCC1. The molecule has 0 spiro atoms. The number of carbonyl (C=O) groups excluding carboxylic acids is 3. The van der Waals surface area contributed by atoms with Gasteiger partial charge in [-0.1, -0.05) is 136 Å². The third-order valence-electron chi connectivity index (χ3n) is 9.14. The summed E-state index contributed by atoms with van der Waals surface area (Å²) in [6.07, 6.45) is 27.3. The fourth-order valence-electron chi connectivity index (χ4n) is 6.00. The molecule has 7 nitrogen and oxygen atoms in total. The van der Waals surface area contributed by atoms with Crippen LogP contribution >= 0.6 is 0 Å². The van der Waals surface area contributed by atoms with Gasteiger partial charge < -0.3 is 19.3 Å². The van der Waals surface area contributed by atoms with Gasteiger partial charge in [0.25, 0.3) is 0 Å². The number of aliphatic hydroxyl groups is 1. The average molecular weight is 625 g/mol. The van der Waals surface area contributed by atoms with Gasteiger partial charge >= 0.3 is 17.9 Å². The first kappa shape index (κ1) is 40.4. The Bertz CT molecular complexity index is 681. The molecule has 1 N–H and O–H groups in total. The summed E-state index contributed by atoms with van der Waals surface area (Å²) in [5, 5.41) is 10.4. The summed E-state index contributed by atoms with van der Waals surface area (Å²) in [6.45, 7) is 3.55. The topological polar surface area (TPSA) is 99.1 Å². The maximum Gasteiger partial charge on any atom is 0.305 e. The smallest absolute Gasteiger partial charge is 0.305 e. The quantitative estimate of drug-likeness (QED) is 0.0503. The summed E-state index contributed by atoms with van der Waals surface area (Å²) in [6, 6.07) is 0. The molecule has 0 heterocycles. The second-order valence-electron chi connectivity index (χ2n) is 13.5. The van der Waals surface area contributed by atoms with E-state index in [1.807, 2.05) is 0 Å². The average Bonchev–Trinajstić information content (AvgIpc) is 3.04. The summed E-state index contributed by atoms with van der Waals surface area (Å²) < 4.78 is 16.7. The monoisotopic (exact) mass is 624 g/mol. The highest BCUT2D eigenvalue weighted by Gasteiger charge is 2.35. The Morgan fingerprint density at radius 3 is 1.30 bits per heavy atom. The molecule has 0 atom stereocenters. The van der Waals surface area contributed by atoms with E-state index >= 15 is 0 Å². The van der Waals surface area contributed by atoms with Crippen LogP contribution in [0, 0.1) is 11.3 Å². The number of unbranched alkanes of at least 4 members (excludes halogenated alkanes) is 14. The van der Waals surface area contributed by atoms with E-state index in [4.69, 9.17) is 14.2 Å². The number of rotatable bonds is 29. The van der Waals surface area contributed by atoms with Crippen LogP contribution in [0.2, 0.25) is 0 Å². The van der Waals surface area contributed by atoms with E-state index in [1.54, 1.807) is 0 Å². The molecule has 1 saturated carbocycles. The molecule has 0 aliphatic heterocycles. The molecular weight excluding hydrogens is 556 g/mol. The van der Waals surface area contributed by atoms with Gasteiger partial charge in [-0.15, -0.1) is 0 Å². The van der Waals surface area contributed by atoms with E-state index in [0.717, 1.165) is 51.4 Å². The first-order chi connectivity index (χ1) is 21.4. The van der Waals surface area contributed by atoms with Crippen LogP contribution in [0.4, 0.5) is 0 Å². The number of esters is 3. The summed E-state index contributed by atoms with van der Waals surface area (Å²) in [5.41, 5.74) is -1.16. The van der Waals surface area contributed by atoms with Crippen LogP contribution in [0.1, 0.15) is 181 Å². The highest BCUT2D eigenvalue weighted by atomic mass is 16.6. The third kappa shape index (κ3) is 22.0. The molecule has 1 aliphatic rings. The minimum atomic E-state index is -1.16. The molecule has 0 aromatic carbocycles. The van der Waals surface area contributed by atoms with Gasteiger partial charge in [0.1, 0.15) is 19.8 Å². The molecule has 0 saturated heterocycles. The van der Waals surface area contributed by atoms with E-state index in [0.29, 0.717) is 25.2 Å². The standard InChI is InChI=1S/C37H68O7/c1-3-5-7-9-11-13-15-20-26-34(39)42-30-37(29-38,31-43-35(40)27-21-16-14-12-10-8-6-4-2)32-44-36(41)28-22-25-33-23-18-17-19-24-33/h33,38H,3-32H2,1-2H3. The van der Waals surface area contributed by atoms with Crippen LogP contribution in [-0.2, 0) is 28.6 Å². The lowest BCUT2D eigenvalue weighted by atomic mass is 9.86. The van der Waals surface area contributed by atoms with Crippen molar-refractivity contribution in [1.29, 1.82) is 0 Å². The van der Waals surface area contributed by atoms with Crippen molar-refractivity contribution in [2.75, 3.05) is 26.4 Å². The van der Waals surface area contributed by atoms with E-state index in [-0.39, 0.29) is 37.7 Å². The lowest BCUT2D eigenvalue weighted by Gasteiger charge is -2.30. The molecule has 44 heavy (non-hydrogen) atoms. The summed E-state index contributed by atoms with van der Waals surface area (Å²) in [7, 11) is 0. The lowest BCUT2D eigenvalue weighted by Crippen LogP contribution is -2.42. The summed E-state index contributed by atoms with van der Waals surface area (Å²) in [5.74, 6) is -0.293. The van der Waals surface area contributed by atoms with Crippen molar-refractivity contribution >= 4 is 17.9 Å². The first-order valence-corrected chi connectivity index (χ1v) is 18.5. The Morgan fingerprint density at radius 1 is 0.545 bits per heavy atom. The van der Waals surface area contributed by atoms with E-state index in [1.165, 1.54) is 96.3 Å². The Morgan fingerprint density at radius 2 is 0.909 bits per heavy atom. The van der Waals surface area contributed by atoms with Gasteiger partial charge in [0.05, 0.1) is 12.0 Å². The Labute approximate surface area is 269 Å². The maximum atomic E-state index is 12.6. The minimum absolute atomic E-state index is 0.151.